The van der Waals surface area contributed by atoms with E-state index in [2.05, 4.69) is 36.8 Å². The molecule has 8 nitrogen and oxygen atoms in total. The van der Waals surface area contributed by atoms with Crippen molar-refractivity contribution in [2.24, 2.45) is 5.73 Å². The highest BCUT2D eigenvalue weighted by atomic mass is 79.9. The van der Waals surface area contributed by atoms with Crippen LogP contribution in [0.5, 0.6) is 0 Å². The molecule has 1 saturated heterocycles. The highest BCUT2D eigenvalue weighted by Crippen LogP contribution is 2.41. The van der Waals surface area contributed by atoms with Gasteiger partial charge in [0, 0.05) is 30.7 Å². The summed E-state index contributed by atoms with van der Waals surface area (Å²) in [7, 11) is 1.64. The van der Waals surface area contributed by atoms with Crippen molar-refractivity contribution in [3.05, 3.63) is 25.1 Å². The molecule has 2 aromatic rings. The molecule has 1 fully saturated rings. The van der Waals surface area contributed by atoms with E-state index >= 15 is 0 Å². The summed E-state index contributed by atoms with van der Waals surface area (Å²) in [5, 5.41) is 11.6. The van der Waals surface area contributed by atoms with Crippen molar-refractivity contribution in [2.45, 2.75) is 32.0 Å². The Labute approximate surface area is 161 Å². The minimum atomic E-state index is -0.410. The highest BCUT2D eigenvalue weighted by molar-refractivity contribution is 9.13. The molecule has 3 rings (SSSR count). The maximum Gasteiger partial charge on any atom is 0.312 e. The van der Waals surface area contributed by atoms with Crippen molar-refractivity contribution in [3.63, 3.8) is 0 Å². The number of hydrogen-bond donors (Lipinski definition) is 1. The van der Waals surface area contributed by atoms with Crippen LogP contribution < -0.4 is 10.6 Å². The molecule has 0 aliphatic carbocycles. The molecule has 0 bridgehead atoms. The molecule has 0 saturated carbocycles. The summed E-state index contributed by atoms with van der Waals surface area (Å²) in [6.07, 6.45) is -0.0890. The average Bonchev–Trinajstić information content (AvgIpc) is 3.08. The first-order valence-corrected chi connectivity index (χ1v) is 9.42. The average molecular weight is 477 g/mol. The zero-order chi connectivity index (χ0) is 18.5. The fourth-order valence-electron chi connectivity index (χ4n) is 3.26. The minimum absolute atomic E-state index is 0.0446. The summed E-state index contributed by atoms with van der Waals surface area (Å²) in [4.78, 5) is 17.9. The Bertz CT molecular complexity index is 838. The van der Waals surface area contributed by atoms with Gasteiger partial charge in [0.05, 0.1) is 22.6 Å². The number of nitro groups is 1. The van der Waals surface area contributed by atoms with Gasteiger partial charge in [0.15, 0.2) is 5.52 Å². The maximum atomic E-state index is 11.6. The number of fused-ring (bicyclic) bond motifs is 1. The number of hydrogen-bond acceptors (Lipinski definition) is 6. The van der Waals surface area contributed by atoms with Crippen molar-refractivity contribution >= 4 is 54.5 Å². The largest absolute Gasteiger partial charge is 0.378 e. The van der Waals surface area contributed by atoms with Gasteiger partial charge < -0.3 is 19.9 Å². The van der Waals surface area contributed by atoms with Gasteiger partial charge in [-0.2, -0.15) is 0 Å². The lowest BCUT2D eigenvalue weighted by atomic mass is 10.2. The topological polar surface area (TPSA) is 99.5 Å². The molecular weight excluding hydrogens is 458 g/mol. The number of nitro benzene ring substituents is 1. The van der Waals surface area contributed by atoms with Crippen molar-refractivity contribution in [1.82, 2.24) is 9.55 Å². The number of aromatic nitrogens is 2. The standard InChI is InChI=1S/C15H19Br2N5O3/c1-7(2)21-10-4-8(16)12(17)14(22(23)24)13(10)19-15(21)20-5-9(18)11(6-20)25-3/h4,7,9,11H,5-6,18H2,1-3H3/t9-,11-/m1/s1. The molecule has 0 spiro atoms. The van der Waals surface area contributed by atoms with E-state index in [4.69, 9.17) is 10.5 Å². The van der Waals surface area contributed by atoms with Gasteiger partial charge in [0.25, 0.3) is 0 Å². The number of halogens is 2. The second-order valence-corrected chi connectivity index (χ2v) is 8.01. The second kappa shape index (κ2) is 6.82. The number of imidazole rings is 1. The first-order valence-electron chi connectivity index (χ1n) is 7.83. The van der Waals surface area contributed by atoms with Crippen molar-refractivity contribution in [3.8, 4) is 0 Å². The van der Waals surface area contributed by atoms with Crippen LogP contribution in [0.25, 0.3) is 11.0 Å². The molecule has 1 aliphatic rings. The van der Waals surface area contributed by atoms with Crippen LogP contribution in [0.4, 0.5) is 11.6 Å². The van der Waals surface area contributed by atoms with E-state index < -0.39 is 4.92 Å². The van der Waals surface area contributed by atoms with E-state index in [-0.39, 0.29) is 23.9 Å². The molecule has 2 heterocycles. The van der Waals surface area contributed by atoms with E-state index in [1.165, 1.54) is 0 Å². The molecule has 136 valence electrons. The molecule has 0 radical (unpaired) electrons. The second-order valence-electron chi connectivity index (χ2n) is 6.36. The van der Waals surface area contributed by atoms with Crippen LogP contribution in [0, 0.1) is 10.1 Å². The number of rotatable bonds is 4. The van der Waals surface area contributed by atoms with E-state index in [1.54, 1.807) is 7.11 Å². The van der Waals surface area contributed by atoms with Crippen LogP contribution in [-0.4, -0.2) is 46.8 Å². The number of nitrogens with two attached hydrogens (primary N) is 1. The summed E-state index contributed by atoms with van der Waals surface area (Å²) in [5.41, 5.74) is 7.16. The van der Waals surface area contributed by atoms with Crippen molar-refractivity contribution in [1.29, 1.82) is 0 Å². The Hall–Kier alpha value is -1.23. The Kier molecular flexibility index (Phi) is 5.06. The van der Waals surface area contributed by atoms with Gasteiger partial charge in [0.2, 0.25) is 5.95 Å². The lowest BCUT2D eigenvalue weighted by Gasteiger charge is -2.21. The number of nitrogens with zero attached hydrogens (tertiary/aromatic N) is 4. The molecule has 1 aliphatic heterocycles. The molecule has 25 heavy (non-hydrogen) atoms. The van der Waals surface area contributed by atoms with Crippen LogP contribution in [0.1, 0.15) is 19.9 Å². The van der Waals surface area contributed by atoms with Crippen LogP contribution in [0.2, 0.25) is 0 Å². The van der Waals surface area contributed by atoms with Crippen LogP contribution in [-0.2, 0) is 4.74 Å². The van der Waals surface area contributed by atoms with Gasteiger partial charge in [-0.25, -0.2) is 4.98 Å². The Balaban J connectivity index is 2.25. The number of anilines is 1. The number of methoxy groups -OCH3 is 1. The molecule has 1 aromatic carbocycles. The first kappa shape index (κ1) is 18.6. The molecule has 0 amide bonds. The normalized spacial score (nSPS) is 20.8. The van der Waals surface area contributed by atoms with Crippen LogP contribution in [0.15, 0.2) is 15.0 Å². The van der Waals surface area contributed by atoms with E-state index in [0.717, 1.165) is 0 Å². The third-order valence-electron chi connectivity index (χ3n) is 4.43. The lowest BCUT2D eigenvalue weighted by molar-refractivity contribution is -0.384. The quantitative estimate of drug-likeness (QED) is 0.537. The van der Waals surface area contributed by atoms with Gasteiger partial charge >= 0.3 is 5.69 Å². The molecule has 2 atom stereocenters. The third-order valence-corrected chi connectivity index (χ3v) is 6.39. The van der Waals surface area contributed by atoms with E-state index in [9.17, 15) is 10.1 Å². The number of benzene rings is 1. The lowest BCUT2D eigenvalue weighted by Crippen LogP contribution is -2.34. The van der Waals surface area contributed by atoms with Gasteiger partial charge in [-0.1, -0.05) is 0 Å². The highest BCUT2D eigenvalue weighted by Gasteiger charge is 2.35. The number of ether oxygens (including phenoxy) is 1. The van der Waals surface area contributed by atoms with Gasteiger partial charge in [0.1, 0.15) is 4.47 Å². The van der Waals surface area contributed by atoms with Gasteiger partial charge in [-0.05, 0) is 51.8 Å². The monoisotopic (exact) mass is 475 g/mol. The molecular formula is C15H19Br2N5O3. The summed E-state index contributed by atoms with van der Waals surface area (Å²) < 4.78 is 8.43. The summed E-state index contributed by atoms with van der Waals surface area (Å²) in [6, 6.07) is 1.80. The van der Waals surface area contributed by atoms with Crippen molar-refractivity contribution in [2.75, 3.05) is 25.1 Å². The molecule has 10 heteroatoms. The van der Waals surface area contributed by atoms with E-state index in [0.29, 0.717) is 39.0 Å². The predicted octanol–water partition coefficient (Wildman–Crippen LogP) is 3.21. The molecule has 2 N–H and O–H groups in total. The SMILES string of the molecule is CO[C@@H]1CN(c2nc3c([N+](=O)[O-])c(Br)c(Br)cc3n2C(C)C)C[C@H]1N. The third kappa shape index (κ3) is 3.05. The first-order chi connectivity index (χ1) is 11.8. The summed E-state index contributed by atoms with van der Waals surface area (Å²) >= 11 is 6.69. The van der Waals surface area contributed by atoms with Gasteiger partial charge in [-0.15, -0.1) is 0 Å². The van der Waals surface area contributed by atoms with Crippen LogP contribution in [0.3, 0.4) is 0 Å². The predicted molar refractivity (Wildman–Crippen MR) is 103 cm³/mol. The minimum Gasteiger partial charge on any atom is -0.378 e. The summed E-state index contributed by atoms with van der Waals surface area (Å²) in [5.74, 6) is 0.674. The fourth-order valence-corrected chi connectivity index (χ4v) is 4.11. The fraction of sp³-hybridized carbons (Fsp3) is 0.533. The molecule has 0 unspecified atom stereocenters. The van der Waals surface area contributed by atoms with Crippen molar-refractivity contribution < 1.29 is 9.66 Å². The smallest absolute Gasteiger partial charge is 0.312 e. The Morgan fingerprint density at radius 1 is 1.44 bits per heavy atom. The van der Waals surface area contributed by atoms with Crippen LogP contribution >= 0.6 is 31.9 Å². The molecule has 1 aromatic heterocycles. The van der Waals surface area contributed by atoms with Gasteiger partial charge in [-0.3, -0.25) is 10.1 Å². The Morgan fingerprint density at radius 2 is 2.12 bits per heavy atom. The zero-order valence-electron chi connectivity index (χ0n) is 14.1. The maximum absolute atomic E-state index is 11.6. The van der Waals surface area contributed by atoms with E-state index in [1.807, 2.05) is 29.4 Å². The zero-order valence-corrected chi connectivity index (χ0v) is 17.2. The summed E-state index contributed by atoms with van der Waals surface area (Å²) in [6.45, 7) is 5.24. The Morgan fingerprint density at radius 3 is 2.64 bits per heavy atom.